The first-order chi connectivity index (χ1) is 20.1. The van der Waals surface area contributed by atoms with Crippen LogP contribution in [-0.2, 0) is 26.0 Å². The van der Waals surface area contributed by atoms with Crippen LogP contribution < -0.4 is 14.4 Å². The van der Waals surface area contributed by atoms with E-state index < -0.39 is 28.5 Å². The van der Waals surface area contributed by atoms with Gasteiger partial charge in [-0.1, -0.05) is 67.9 Å². The number of amides is 2. The predicted octanol–water partition coefficient (Wildman–Crippen LogP) is 5.70. The van der Waals surface area contributed by atoms with Gasteiger partial charge >= 0.3 is 0 Å². The summed E-state index contributed by atoms with van der Waals surface area (Å²) < 4.78 is 35.0. The lowest BCUT2D eigenvalue weighted by atomic mass is 10.1. The molecule has 226 valence electrons. The highest BCUT2D eigenvalue weighted by Gasteiger charge is 2.34. The summed E-state index contributed by atoms with van der Waals surface area (Å²) in [7, 11) is -4.24. The average Bonchev–Trinajstić information content (AvgIpc) is 2.99. The number of sulfonamides is 1. The molecule has 1 N–H and O–H groups in total. The number of ether oxygens (including phenoxy) is 1. The lowest BCUT2D eigenvalue weighted by Gasteiger charge is -2.34. The number of para-hydroxylation sites is 2. The highest BCUT2D eigenvalue weighted by molar-refractivity contribution is 7.92. The molecule has 2 atom stereocenters. The van der Waals surface area contributed by atoms with Gasteiger partial charge < -0.3 is 15.0 Å². The molecule has 3 aromatic carbocycles. The van der Waals surface area contributed by atoms with Gasteiger partial charge in [0.25, 0.3) is 10.0 Å². The third kappa shape index (κ3) is 8.49. The van der Waals surface area contributed by atoms with E-state index in [0.29, 0.717) is 30.2 Å². The van der Waals surface area contributed by atoms with Crippen molar-refractivity contribution < 1.29 is 22.7 Å². The van der Waals surface area contributed by atoms with Crippen molar-refractivity contribution in [3.63, 3.8) is 0 Å². The molecule has 10 heteroatoms. The van der Waals surface area contributed by atoms with E-state index >= 15 is 0 Å². The van der Waals surface area contributed by atoms with E-state index in [-0.39, 0.29) is 29.1 Å². The van der Waals surface area contributed by atoms with Crippen LogP contribution in [0.3, 0.4) is 0 Å². The number of nitrogens with one attached hydrogen (secondary N) is 1. The van der Waals surface area contributed by atoms with Crippen LogP contribution in [0.25, 0.3) is 0 Å². The molecule has 2 unspecified atom stereocenters. The monoisotopic (exact) mass is 613 g/mol. The summed E-state index contributed by atoms with van der Waals surface area (Å²) in [6.07, 6.45) is 1.60. The smallest absolute Gasteiger partial charge is 0.264 e. The molecular formula is C32H40ClN3O5S. The van der Waals surface area contributed by atoms with E-state index in [4.69, 9.17) is 16.3 Å². The van der Waals surface area contributed by atoms with Crippen molar-refractivity contribution in [1.29, 1.82) is 0 Å². The van der Waals surface area contributed by atoms with E-state index in [9.17, 15) is 18.0 Å². The standard InChI is InChI=1S/C32H40ClN3O5S/c1-5-24(4)34-32(38)28(6-2)35(22-21-25-13-9-8-10-14-25)31(37)23-36(29-15-11-12-16-30(29)41-7-3)42(39,40)27-19-17-26(33)18-20-27/h8-20,24,28H,5-7,21-23H2,1-4H3,(H,34,38). The number of rotatable bonds is 15. The first-order valence-electron chi connectivity index (χ1n) is 14.3. The number of benzene rings is 3. The molecule has 0 fully saturated rings. The van der Waals surface area contributed by atoms with Gasteiger partial charge in [0.2, 0.25) is 11.8 Å². The van der Waals surface area contributed by atoms with Gasteiger partial charge in [-0.25, -0.2) is 8.42 Å². The molecule has 0 aromatic heterocycles. The van der Waals surface area contributed by atoms with Gasteiger partial charge in [-0.2, -0.15) is 0 Å². The second-order valence-corrected chi connectivity index (χ2v) is 12.2. The highest BCUT2D eigenvalue weighted by Crippen LogP contribution is 2.33. The second kappa shape index (κ2) is 15.6. The molecular weight excluding hydrogens is 574 g/mol. The molecule has 3 aromatic rings. The van der Waals surface area contributed by atoms with Gasteiger partial charge in [0.15, 0.2) is 0 Å². The average molecular weight is 614 g/mol. The van der Waals surface area contributed by atoms with Crippen molar-refractivity contribution in [2.24, 2.45) is 0 Å². The molecule has 0 spiro atoms. The summed E-state index contributed by atoms with van der Waals surface area (Å²) in [4.78, 5) is 29.0. The first-order valence-corrected chi connectivity index (χ1v) is 16.1. The molecule has 0 aliphatic heterocycles. The zero-order valence-corrected chi connectivity index (χ0v) is 26.2. The summed E-state index contributed by atoms with van der Waals surface area (Å²) in [5, 5.41) is 3.37. The predicted molar refractivity (Wildman–Crippen MR) is 167 cm³/mol. The molecule has 0 bridgehead atoms. The van der Waals surface area contributed by atoms with Crippen LogP contribution in [-0.4, -0.2) is 56.9 Å². The molecule has 0 saturated heterocycles. The van der Waals surface area contributed by atoms with Gasteiger partial charge in [-0.15, -0.1) is 0 Å². The van der Waals surface area contributed by atoms with Gasteiger partial charge in [0, 0.05) is 17.6 Å². The fourth-order valence-electron chi connectivity index (χ4n) is 4.52. The van der Waals surface area contributed by atoms with Crippen molar-refractivity contribution >= 4 is 39.1 Å². The van der Waals surface area contributed by atoms with Gasteiger partial charge in [-0.05, 0) is 75.1 Å². The normalized spacial score (nSPS) is 12.7. The first kappa shape index (κ1) is 32.9. The minimum atomic E-state index is -4.24. The molecule has 0 aliphatic rings. The highest BCUT2D eigenvalue weighted by atomic mass is 35.5. The minimum Gasteiger partial charge on any atom is -0.492 e. The van der Waals surface area contributed by atoms with Crippen LogP contribution in [0, 0.1) is 0 Å². The third-order valence-electron chi connectivity index (χ3n) is 6.99. The SMILES string of the molecule is CCOc1ccccc1N(CC(=O)N(CCc1ccccc1)C(CC)C(=O)NC(C)CC)S(=O)(=O)c1ccc(Cl)cc1. The quantitative estimate of drug-likeness (QED) is 0.237. The molecule has 8 nitrogen and oxygen atoms in total. The maximum absolute atomic E-state index is 14.2. The second-order valence-electron chi connectivity index (χ2n) is 9.93. The van der Waals surface area contributed by atoms with Gasteiger partial charge in [-0.3, -0.25) is 13.9 Å². The number of hydrogen-bond donors (Lipinski definition) is 1. The third-order valence-corrected chi connectivity index (χ3v) is 9.01. The van der Waals surface area contributed by atoms with Crippen molar-refractivity contribution in [3.05, 3.63) is 89.4 Å². The van der Waals surface area contributed by atoms with E-state index in [1.165, 1.54) is 29.2 Å². The molecule has 3 rings (SSSR count). The summed E-state index contributed by atoms with van der Waals surface area (Å²) in [5.74, 6) is -0.446. The van der Waals surface area contributed by atoms with E-state index in [0.717, 1.165) is 16.3 Å². The number of halogens is 1. The van der Waals surface area contributed by atoms with Crippen molar-refractivity contribution in [1.82, 2.24) is 10.2 Å². The number of nitrogens with zero attached hydrogens (tertiary/aromatic N) is 2. The Morgan fingerprint density at radius 2 is 1.55 bits per heavy atom. The zero-order valence-electron chi connectivity index (χ0n) is 24.6. The number of hydrogen-bond acceptors (Lipinski definition) is 5. The largest absolute Gasteiger partial charge is 0.492 e. The Morgan fingerprint density at radius 1 is 0.905 bits per heavy atom. The molecule has 0 radical (unpaired) electrons. The van der Waals surface area contributed by atoms with E-state index in [1.807, 2.05) is 51.1 Å². The Morgan fingerprint density at radius 3 is 2.17 bits per heavy atom. The Hall–Kier alpha value is -3.56. The molecule has 0 saturated carbocycles. The summed E-state index contributed by atoms with van der Waals surface area (Å²) in [6.45, 7) is 7.53. The number of anilines is 1. The lowest BCUT2D eigenvalue weighted by Crippen LogP contribution is -2.54. The topological polar surface area (TPSA) is 96.0 Å². The van der Waals surface area contributed by atoms with Crippen LogP contribution in [0.2, 0.25) is 5.02 Å². The maximum Gasteiger partial charge on any atom is 0.264 e. The zero-order chi connectivity index (χ0) is 30.7. The minimum absolute atomic E-state index is 0.0246. The lowest BCUT2D eigenvalue weighted by molar-refractivity contribution is -0.139. The van der Waals surface area contributed by atoms with E-state index in [1.54, 1.807) is 31.2 Å². The summed E-state index contributed by atoms with van der Waals surface area (Å²) >= 11 is 6.04. The Bertz CT molecular complexity index is 1420. The maximum atomic E-state index is 14.2. The summed E-state index contributed by atoms with van der Waals surface area (Å²) in [6, 6.07) is 21.3. The van der Waals surface area contributed by atoms with Crippen LogP contribution >= 0.6 is 11.6 Å². The fraction of sp³-hybridized carbons (Fsp3) is 0.375. The molecule has 0 heterocycles. The van der Waals surface area contributed by atoms with Gasteiger partial charge in [0.05, 0.1) is 17.2 Å². The molecule has 0 aliphatic carbocycles. The van der Waals surface area contributed by atoms with Gasteiger partial charge in [0.1, 0.15) is 18.3 Å². The Balaban J connectivity index is 2.06. The van der Waals surface area contributed by atoms with E-state index in [2.05, 4.69) is 5.32 Å². The molecule has 42 heavy (non-hydrogen) atoms. The molecule has 2 amide bonds. The van der Waals surface area contributed by atoms with Crippen molar-refractivity contribution in [2.45, 2.75) is 63.9 Å². The number of carbonyl (C=O) groups is 2. The Labute approximate surface area is 254 Å². The van der Waals surface area contributed by atoms with Crippen molar-refractivity contribution in [3.8, 4) is 5.75 Å². The number of carbonyl (C=O) groups excluding carboxylic acids is 2. The van der Waals surface area contributed by atoms with Crippen LogP contribution in [0.15, 0.2) is 83.8 Å². The van der Waals surface area contributed by atoms with Crippen LogP contribution in [0.5, 0.6) is 5.75 Å². The fourth-order valence-corrected chi connectivity index (χ4v) is 6.08. The summed E-state index contributed by atoms with van der Waals surface area (Å²) in [5.41, 5.74) is 1.22. The van der Waals surface area contributed by atoms with Crippen LogP contribution in [0.1, 0.15) is 46.1 Å². The van der Waals surface area contributed by atoms with Crippen molar-refractivity contribution in [2.75, 3.05) is 24.0 Å². The van der Waals surface area contributed by atoms with Crippen LogP contribution in [0.4, 0.5) is 5.69 Å². The Kier molecular flexibility index (Phi) is 12.2.